The summed E-state index contributed by atoms with van der Waals surface area (Å²) in [5, 5.41) is 29.2. The fourth-order valence-corrected chi connectivity index (χ4v) is 4.43. The average Bonchev–Trinajstić information content (AvgIpc) is 2.91. The Balaban J connectivity index is 2.03. The van der Waals surface area contributed by atoms with Crippen LogP contribution in [0.25, 0.3) is 11.1 Å². The Hall–Kier alpha value is -3.71. The minimum atomic E-state index is -1.09. The summed E-state index contributed by atoms with van der Waals surface area (Å²) in [6.45, 7) is 0.796. The van der Waals surface area contributed by atoms with Gasteiger partial charge < -0.3 is 49.1 Å². The first-order valence-electron chi connectivity index (χ1n) is 13.1. The van der Waals surface area contributed by atoms with Crippen molar-refractivity contribution in [3.63, 3.8) is 0 Å². The second-order valence-corrected chi connectivity index (χ2v) is 9.84. The number of rotatable bonds is 8. The summed E-state index contributed by atoms with van der Waals surface area (Å²) in [5.41, 5.74) is 25.6. The molecular formula is C27H39N7O5. The van der Waals surface area contributed by atoms with E-state index in [1.807, 2.05) is 0 Å². The van der Waals surface area contributed by atoms with Gasteiger partial charge in [-0.05, 0) is 78.9 Å². The monoisotopic (exact) mass is 541 g/mol. The minimum absolute atomic E-state index is 0.0210. The third kappa shape index (κ3) is 8.14. The van der Waals surface area contributed by atoms with E-state index < -0.39 is 35.8 Å². The average molecular weight is 542 g/mol. The molecule has 212 valence electrons. The van der Waals surface area contributed by atoms with Crippen LogP contribution < -0.4 is 38.9 Å². The molecule has 0 fully saturated rings. The van der Waals surface area contributed by atoms with E-state index in [2.05, 4.69) is 16.0 Å². The Labute approximate surface area is 227 Å². The molecule has 0 aliphatic carbocycles. The van der Waals surface area contributed by atoms with Crippen LogP contribution in [0.5, 0.6) is 11.5 Å². The summed E-state index contributed by atoms with van der Waals surface area (Å²) >= 11 is 0. The van der Waals surface area contributed by atoms with Crippen LogP contribution in [0, 0.1) is 0 Å². The molecule has 4 atom stereocenters. The zero-order valence-corrected chi connectivity index (χ0v) is 21.9. The molecule has 0 spiro atoms. The molecule has 1 aliphatic heterocycles. The van der Waals surface area contributed by atoms with Crippen molar-refractivity contribution in [1.29, 1.82) is 0 Å². The number of fused-ring (bicyclic) bond motifs is 5. The lowest BCUT2D eigenvalue weighted by molar-refractivity contribution is -0.132. The Kier molecular flexibility index (Phi) is 10.6. The fraction of sp³-hybridized carbons (Fsp3) is 0.444. The van der Waals surface area contributed by atoms with Gasteiger partial charge in [-0.15, -0.1) is 0 Å². The molecule has 4 bridgehead atoms. The first-order valence-corrected chi connectivity index (χ1v) is 13.1. The summed E-state index contributed by atoms with van der Waals surface area (Å²) in [7, 11) is 0. The number of aromatic hydroxyl groups is 2. The quantitative estimate of drug-likeness (QED) is 0.193. The third-order valence-electron chi connectivity index (χ3n) is 6.73. The standard InChI is InChI=1S/C27H39N7O5/c28-8-1-2-21-27(39)34-22(26(38)32-14-19(30)7-9-29)13-18-11-16(4-6-24(18)36)15-3-5-23(35)17(10-15)12-20(31)25(37)33-21/h3-6,10-11,19-22,35-36H,1-2,7-9,12-14,28-31H2,(H,32,38)(H,33,37)(H,34,39)/t19-,20+,21-,22-/m0/s1. The van der Waals surface area contributed by atoms with Crippen molar-refractivity contribution in [3.8, 4) is 22.6 Å². The lowest BCUT2D eigenvalue weighted by Crippen LogP contribution is -2.57. The Morgan fingerprint density at radius 3 is 2.15 bits per heavy atom. The van der Waals surface area contributed by atoms with Crippen molar-refractivity contribution in [2.24, 2.45) is 22.9 Å². The molecule has 0 unspecified atom stereocenters. The summed E-state index contributed by atoms with van der Waals surface area (Å²) in [4.78, 5) is 39.5. The highest BCUT2D eigenvalue weighted by Gasteiger charge is 2.29. The second kappa shape index (κ2) is 13.9. The zero-order valence-electron chi connectivity index (χ0n) is 21.9. The molecule has 2 aromatic carbocycles. The zero-order chi connectivity index (χ0) is 28.5. The van der Waals surface area contributed by atoms with Gasteiger partial charge in [-0.1, -0.05) is 12.1 Å². The first-order chi connectivity index (χ1) is 18.6. The van der Waals surface area contributed by atoms with Gasteiger partial charge >= 0.3 is 0 Å². The molecular weight excluding hydrogens is 502 g/mol. The molecule has 3 amide bonds. The van der Waals surface area contributed by atoms with Crippen LogP contribution in [-0.4, -0.2) is 71.7 Å². The van der Waals surface area contributed by atoms with Gasteiger partial charge in [0.2, 0.25) is 17.7 Å². The number of amides is 3. The molecule has 1 aliphatic rings. The van der Waals surface area contributed by atoms with Crippen molar-refractivity contribution in [1.82, 2.24) is 16.0 Å². The van der Waals surface area contributed by atoms with E-state index in [0.29, 0.717) is 41.6 Å². The predicted octanol–water partition coefficient (Wildman–Crippen LogP) is -1.31. The van der Waals surface area contributed by atoms with Crippen LogP contribution in [0.15, 0.2) is 36.4 Å². The molecule has 0 saturated heterocycles. The van der Waals surface area contributed by atoms with Crippen molar-refractivity contribution in [3.05, 3.63) is 47.5 Å². The fourth-order valence-electron chi connectivity index (χ4n) is 4.43. The molecule has 12 nitrogen and oxygen atoms in total. The second-order valence-electron chi connectivity index (χ2n) is 9.84. The molecule has 39 heavy (non-hydrogen) atoms. The van der Waals surface area contributed by atoms with Gasteiger partial charge in [0.15, 0.2) is 0 Å². The number of carbonyl (C=O) groups is 3. The van der Waals surface area contributed by atoms with Crippen LogP contribution in [0.4, 0.5) is 0 Å². The molecule has 0 aromatic heterocycles. The third-order valence-corrected chi connectivity index (χ3v) is 6.73. The molecule has 12 heteroatoms. The van der Waals surface area contributed by atoms with Crippen molar-refractivity contribution in [2.45, 2.75) is 56.3 Å². The first kappa shape index (κ1) is 29.8. The minimum Gasteiger partial charge on any atom is -0.508 e. The summed E-state index contributed by atoms with van der Waals surface area (Å²) in [5.74, 6) is -1.75. The van der Waals surface area contributed by atoms with Crippen LogP contribution in [-0.2, 0) is 27.2 Å². The maximum Gasteiger partial charge on any atom is 0.243 e. The van der Waals surface area contributed by atoms with Crippen molar-refractivity contribution >= 4 is 17.7 Å². The number of benzene rings is 2. The summed E-state index contributed by atoms with van der Waals surface area (Å²) < 4.78 is 0. The molecule has 0 radical (unpaired) electrons. The van der Waals surface area contributed by atoms with Crippen LogP contribution in [0.2, 0.25) is 0 Å². The van der Waals surface area contributed by atoms with Gasteiger partial charge in [-0.25, -0.2) is 0 Å². The highest BCUT2D eigenvalue weighted by molar-refractivity contribution is 5.93. The van der Waals surface area contributed by atoms with E-state index >= 15 is 0 Å². The van der Waals surface area contributed by atoms with E-state index in [1.165, 1.54) is 12.1 Å². The van der Waals surface area contributed by atoms with Gasteiger partial charge in [0.25, 0.3) is 0 Å². The smallest absolute Gasteiger partial charge is 0.243 e. The Morgan fingerprint density at radius 1 is 0.949 bits per heavy atom. The van der Waals surface area contributed by atoms with Gasteiger partial charge in [0, 0.05) is 25.4 Å². The maximum atomic E-state index is 13.3. The van der Waals surface area contributed by atoms with Gasteiger partial charge in [0.1, 0.15) is 23.6 Å². The summed E-state index contributed by atoms with van der Waals surface area (Å²) in [6, 6.07) is 6.33. The number of nitrogens with two attached hydrogens (primary N) is 4. The normalized spacial score (nSPS) is 20.7. The van der Waals surface area contributed by atoms with E-state index in [1.54, 1.807) is 24.3 Å². The van der Waals surface area contributed by atoms with Gasteiger partial charge in [0.05, 0.1) is 6.04 Å². The lowest BCUT2D eigenvalue weighted by atomic mass is 9.95. The molecule has 0 saturated carbocycles. The number of hydrogen-bond acceptors (Lipinski definition) is 9. The van der Waals surface area contributed by atoms with Crippen LogP contribution in [0.1, 0.15) is 30.4 Å². The Bertz CT molecular complexity index is 1180. The van der Waals surface area contributed by atoms with E-state index in [4.69, 9.17) is 22.9 Å². The highest BCUT2D eigenvalue weighted by atomic mass is 16.3. The van der Waals surface area contributed by atoms with Gasteiger partial charge in [-0.2, -0.15) is 0 Å². The van der Waals surface area contributed by atoms with E-state index in [-0.39, 0.29) is 49.9 Å². The van der Waals surface area contributed by atoms with Crippen molar-refractivity contribution in [2.75, 3.05) is 19.6 Å². The SMILES string of the molecule is NCCC[C@@H]1NC(=O)[C@H](N)Cc2cc(ccc2O)-c2ccc(O)c(c2)C[C@@H](C(=O)NC[C@@H](N)CCN)NC1=O. The number of hydrogen-bond donors (Lipinski definition) is 9. The number of phenolic OH excluding ortho intramolecular Hbond substituents is 2. The summed E-state index contributed by atoms with van der Waals surface area (Å²) in [6.07, 6.45) is 1.14. The predicted molar refractivity (Wildman–Crippen MR) is 147 cm³/mol. The van der Waals surface area contributed by atoms with Crippen molar-refractivity contribution < 1.29 is 24.6 Å². The molecule has 3 rings (SSSR count). The molecule has 2 aromatic rings. The van der Waals surface area contributed by atoms with E-state index in [9.17, 15) is 24.6 Å². The lowest BCUT2D eigenvalue weighted by Gasteiger charge is -2.25. The van der Waals surface area contributed by atoms with Crippen LogP contribution >= 0.6 is 0 Å². The van der Waals surface area contributed by atoms with Crippen LogP contribution in [0.3, 0.4) is 0 Å². The largest absolute Gasteiger partial charge is 0.508 e. The molecule has 13 N–H and O–H groups in total. The van der Waals surface area contributed by atoms with Gasteiger partial charge in [-0.3, -0.25) is 14.4 Å². The number of carbonyl (C=O) groups excluding carboxylic acids is 3. The Morgan fingerprint density at radius 2 is 1.56 bits per heavy atom. The topological polar surface area (TPSA) is 232 Å². The maximum absolute atomic E-state index is 13.3. The highest BCUT2D eigenvalue weighted by Crippen LogP contribution is 2.30. The number of phenols is 2. The molecule has 1 heterocycles. The number of nitrogens with one attached hydrogen (secondary N) is 3. The van der Waals surface area contributed by atoms with E-state index in [0.717, 1.165) is 0 Å².